The number of halogens is 3. The van der Waals surface area contributed by atoms with Gasteiger partial charge in [-0.25, -0.2) is 4.99 Å². The lowest BCUT2D eigenvalue weighted by Gasteiger charge is -2.36. The van der Waals surface area contributed by atoms with Gasteiger partial charge in [-0.05, 0) is 38.1 Å². The summed E-state index contributed by atoms with van der Waals surface area (Å²) in [5, 5.41) is 0. The summed E-state index contributed by atoms with van der Waals surface area (Å²) in [5.74, 6) is 0.393. The predicted octanol–water partition coefficient (Wildman–Crippen LogP) is 4.53. The number of para-hydroxylation sites is 1. The van der Waals surface area contributed by atoms with Crippen molar-refractivity contribution in [1.29, 1.82) is 0 Å². The summed E-state index contributed by atoms with van der Waals surface area (Å²) >= 11 is 0. The summed E-state index contributed by atoms with van der Waals surface area (Å²) in [6, 6.07) is 12.3. The van der Waals surface area contributed by atoms with E-state index in [0.29, 0.717) is 49.7 Å². The van der Waals surface area contributed by atoms with E-state index in [1.165, 1.54) is 12.1 Å². The summed E-state index contributed by atoms with van der Waals surface area (Å²) in [6.07, 6.45) is -4.51. The number of nitrogens with zero attached hydrogens (tertiary/aromatic N) is 4. The molecule has 0 aliphatic carbocycles. The van der Waals surface area contributed by atoms with Gasteiger partial charge in [-0.1, -0.05) is 24.3 Å². The Balaban J connectivity index is 1.96. The number of amides is 1. The molecule has 3 rings (SSSR count). The third-order valence-corrected chi connectivity index (χ3v) is 6.16. The van der Waals surface area contributed by atoms with Crippen LogP contribution in [-0.4, -0.2) is 86.0 Å². The van der Waals surface area contributed by atoms with Crippen LogP contribution in [0.4, 0.5) is 18.9 Å². The van der Waals surface area contributed by atoms with E-state index < -0.39 is 11.7 Å². The summed E-state index contributed by atoms with van der Waals surface area (Å²) in [6.45, 7) is 9.22. The van der Waals surface area contributed by atoms with Gasteiger partial charge in [0.05, 0.1) is 17.9 Å². The molecule has 6 nitrogen and oxygen atoms in total. The Kier molecular flexibility index (Phi) is 9.28. The highest BCUT2D eigenvalue weighted by atomic mass is 19.4. The Labute approximate surface area is 205 Å². The summed E-state index contributed by atoms with van der Waals surface area (Å²) in [4.78, 5) is 23.2. The first-order valence-electron chi connectivity index (χ1n) is 11.9. The summed E-state index contributed by atoms with van der Waals surface area (Å²) in [7, 11) is 1.66. The number of carbonyl (C=O) groups is 1. The van der Waals surface area contributed by atoms with Crippen molar-refractivity contribution < 1.29 is 22.7 Å². The van der Waals surface area contributed by atoms with E-state index in [4.69, 9.17) is 4.74 Å². The molecule has 1 saturated heterocycles. The van der Waals surface area contributed by atoms with Crippen molar-refractivity contribution in [1.82, 2.24) is 14.7 Å². The van der Waals surface area contributed by atoms with E-state index in [-0.39, 0.29) is 11.6 Å². The zero-order valence-corrected chi connectivity index (χ0v) is 20.5. The first-order valence-corrected chi connectivity index (χ1v) is 11.9. The number of ether oxygens (including phenoxy) is 1. The number of methoxy groups -OCH3 is 1. The molecule has 1 aliphatic rings. The largest absolute Gasteiger partial charge is 0.418 e. The van der Waals surface area contributed by atoms with Crippen LogP contribution in [0.15, 0.2) is 53.5 Å². The van der Waals surface area contributed by atoms with Gasteiger partial charge >= 0.3 is 6.18 Å². The quantitative estimate of drug-likeness (QED) is 0.403. The highest BCUT2D eigenvalue weighted by Crippen LogP contribution is 2.36. The van der Waals surface area contributed by atoms with E-state index >= 15 is 0 Å². The van der Waals surface area contributed by atoms with Crippen molar-refractivity contribution in [3.05, 3.63) is 65.2 Å². The topological polar surface area (TPSA) is 48.4 Å². The zero-order valence-electron chi connectivity index (χ0n) is 20.5. The van der Waals surface area contributed by atoms with Crippen LogP contribution in [0.25, 0.3) is 0 Å². The summed E-state index contributed by atoms with van der Waals surface area (Å²) < 4.78 is 46.1. The third kappa shape index (κ3) is 6.82. The second-order valence-corrected chi connectivity index (χ2v) is 8.33. The highest BCUT2D eigenvalue weighted by molar-refractivity contribution is 6.02. The SMILES string of the molecule is CCN(CC)C(=O)c1ccc(C(=Nc2ccccc2C(F)(F)F)N2CCN(CCOC)CC2)cc1. The van der Waals surface area contributed by atoms with E-state index in [2.05, 4.69) is 9.89 Å². The van der Waals surface area contributed by atoms with Gasteiger partial charge in [0.15, 0.2) is 0 Å². The number of carbonyl (C=O) groups excluding carboxylic acids is 1. The number of hydrogen-bond acceptors (Lipinski definition) is 4. The minimum Gasteiger partial charge on any atom is -0.383 e. The van der Waals surface area contributed by atoms with Crippen molar-refractivity contribution in [2.45, 2.75) is 20.0 Å². The molecule has 2 aromatic rings. The maximum Gasteiger partial charge on any atom is 0.418 e. The Hall–Kier alpha value is -2.91. The van der Waals surface area contributed by atoms with Gasteiger partial charge in [0, 0.05) is 64.0 Å². The first kappa shape index (κ1) is 26.7. The molecule has 0 spiro atoms. The molecule has 190 valence electrons. The second kappa shape index (κ2) is 12.2. The maximum absolute atomic E-state index is 13.7. The summed E-state index contributed by atoms with van der Waals surface area (Å²) in [5.41, 5.74) is 0.310. The molecule has 1 heterocycles. The molecule has 35 heavy (non-hydrogen) atoms. The van der Waals surface area contributed by atoms with Crippen LogP contribution in [0.5, 0.6) is 0 Å². The molecular weight excluding hydrogens is 457 g/mol. The Morgan fingerprint density at radius 3 is 2.14 bits per heavy atom. The fourth-order valence-corrected chi connectivity index (χ4v) is 4.10. The molecule has 9 heteroatoms. The molecule has 2 aromatic carbocycles. The average Bonchev–Trinajstić information content (AvgIpc) is 2.87. The van der Waals surface area contributed by atoms with Crippen LogP contribution in [0.1, 0.15) is 35.3 Å². The number of aliphatic imine (C=N–C) groups is 1. The maximum atomic E-state index is 13.7. The smallest absolute Gasteiger partial charge is 0.383 e. The highest BCUT2D eigenvalue weighted by Gasteiger charge is 2.33. The van der Waals surface area contributed by atoms with E-state index in [1.807, 2.05) is 18.7 Å². The Morgan fingerprint density at radius 2 is 1.57 bits per heavy atom. The average molecular weight is 491 g/mol. The zero-order chi connectivity index (χ0) is 25.4. The van der Waals surface area contributed by atoms with Crippen LogP contribution in [0.2, 0.25) is 0 Å². The minimum atomic E-state index is -4.51. The lowest BCUT2D eigenvalue weighted by Crippen LogP contribution is -2.49. The van der Waals surface area contributed by atoms with Gasteiger partial charge < -0.3 is 14.5 Å². The van der Waals surface area contributed by atoms with Crippen molar-refractivity contribution in [3.8, 4) is 0 Å². The molecule has 0 saturated carbocycles. The van der Waals surface area contributed by atoms with Gasteiger partial charge in [0.2, 0.25) is 0 Å². The fraction of sp³-hybridized carbons (Fsp3) is 0.462. The molecule has 0 bridgehead atoms. The van der Waals surface area contributed by atoms with E-state index in [1.54, 1.807) is 42.3 Å². The molecule has 0 unspecified atom stereocenters. The van der Waals surface area contributed by atoms with Gasteiger partial charge in [-0.2, -0.15) is 13.2 Å². The van der Waals surface area contributed by atoms with Crippen LogP contribution < -0.4 is 0 Å². The number of piperazine rings is 1. The molecule has 1 aliphatic heterocycles. The molecular formula is C26H33F3N4O2. The minimum absolute atomic E-state index is 0.0748. The van der Waals surface area contributed by atoms with Crippen LogP contribution in [-0.2, 0) is 10.9 Å². The molecule has 0 atom stereocenters. The van der Waals surface area contributed by atoms with E-state index in [0.717, 1.165) is 25.7 Å². The van der Waals surface area contributed by atoms with Gasteiger partial charge in [-0.15, -0.1) is 0 Å². The van der Waals surface area contributed by atoms with Crippen molar-refractivity contribution in [2.75, 3.05) is 59.5 Å². The lowest BCUT2D eigenvalue weighted by atomic mass is 10.1. The van der Waals surface area contributed by atoms with Crippen LogP contribution in [0, 0.1) is 0 Å². The molecule has 1 amide bonds. The first-order chi connectivity index (χ1) is 16.8. The van der Waals surface area contributed by atoms with Crippen molar-refractivity contribution in [2.24, 2.45) is 4.99 Å². The normalized spacial score (nSPS) is 15.4. The number of amidine groups is 1. The number of rotatable bonds is 8. The molecule has 0 aromatic heterocycles. The Bertz CT molecular complexity index is 996. The Morgan fingerprint density at radius 1 is 0.971 bits per heavy atom. The number of benzene rings is 2. The third-order valence-electron chi connectivity index (χ3n) is 6.16. The lowest BCUT2D eigenvalue weighted by molar-refractivity contribution is -0.137. The molecule has 1 fully saturated rings. The van der Waals surface area contributed by atoms with E-state index in [9.17, 15) is 18.0 Å². The van der Waals surface area contributed by atoms with Gasteiger partial charge in [0.25, 0.3) is 5.91 Å². The standard InChI is InChI=1S/C26H33F3N4O2/c1-4-32(5-2)25(34)21-12-10-20(11-13-21)24(33-16-14-31(15-17-33)18-19-35-3)30-23-9-7-6-8-22(23)26(27,28)29/h6-13H,4-5,14-19H2,1-3H3. The molecule has 0 N–H and O–H groups in total. The van der Waals surface area contributed by atoms with Crippen LogP contribution >= 0.6 is 0 Å². The fourth-order valence-electron chi connectivity index (χ4n) is 4.10. The van der Waals surface area contributed by atoms with Crippen LogP contribution in [0.3, 0.4) is 0 Å². The van der Waals surface area contributed by atoms with Gasteiger partial charge in [-0.3, -0.25) is 9.69 Å². The number of alkyl halides is 3. The molecule has 0 radical (unpaired) electrons. The number of hydrogen-bond donors (Lipinski definition) is 0. The monoisotopic (exact) mass is 490 g/mol. The van der Waals surface area contributed by atoms with Crippen molar-refractivity contribution in [3.63, 3.8) is 0 Å². The van der Waals surface area contributed by atoms with Gasteiger partial charge in [0.1, 0.15) is 5.84 Å². The van der Waals surface area contributed by atoms with Crippen molar-refractivity contribution >= 4 is 17.4 Å². The predicted molar refractivity (Wildman–Crippen MR) is 131 cm³/mol. The second-order valence-electron chi connectivity index (χ2n) is 8.33.